The van der Waals surface area contributed by atoms with E-state index in [2.05, 4.69) is 0 Å². The topological polar surface area (TPSA) is 80.3 Å². The van der Waals surface area contributed by atoms with Gasteiger partial charge in [-0.2, -0.15) is 5.26 Å². The first kappa shape index (κ1) is 16.5. The Bertz CT molecular complexity index is 997. The van der Waals surface area contributed by atoms with E-state index >= 15 is 0 Å². The molecule has 3 aromatic rings. The van der Waals surface area contributed by atoms with Crippen LogP contribution in [-0.2, 0) is 11.2 Å². The van der Waals surface area contributed by atoms with Gasteiger partial charge in [0.1, 0.15) is 5.76 Å². The Balaban J connectivity index is 1.55. The Labute approximate surface area is 144 Å². The number of hydrogen-bond acceptors (Lipinski definition) is 5. The molecule has 0 fully saturated rings. The second-order valence-corrected chi connectivity index (χ2v) is 5.52. The van der Waals surface area contributed by atoms with Crippen LogP contribution in [0.3, 0.4) is 0 Å². The quantitative estimate of drug-likeness (QED) is 0.528. The molecule has 0 aliphatic carbocycles. The van der Waals surface area contributed by atoms with Crippen LogP contribution in [-0.4, -0.2) is 12.6 Å². The predicted octanol–water partition coefficient (Wildman–Crippen LogP) is 3.45. The van der Waals surface area contributed by atoms with Crippen LogP contribution in [0.15, 0.2) is 63.8 Å². The third kappa shape index (κ3) is 3.93. The van der Waals surface area contributed by atoms with Crippen molar-refractivity contribution in [2.75, 3.05) is 6.61 Å². The van der Waals surface area contributed by atoms with Gasteiger partial charge in [-0.05, 0) is 48.2 Å². The fourth-order valence-corrected chi connectivity index (χ4v) is 2.48. The summed E-state index contributed by atoms with van der Waals surface area (Å²) in [5, 5.41) is 10.1. The molecular formula is C20H15NO4. The molecule has 0 radical (unpaired) electrons. The maximum Gasteiger partial charge on any atom is 0.343 e. The normalized spacial score (nSPS) is 10.4. The summed E-state index contributed by atoms with van der Waals surface area (Å²) < 4.78 is 10.5. The van der Waals surface area contributed by atoms with Gasteiger partial charge in [0.25, 0.3) is 0 Å². The van der Waals surface area contributed by atoms with Gasteiger partial charge in [-0.1, -0.05) is 18.2 Å². The maximum absolute atomic E-state index is 11.9. The standard InChI is InChI=1S/C20H15NO4/c21-13-14-7-9-15(10-8-14)19(22)24-11-3-5-17-12-16-4-1-2-6-18(16)20(23)25-17/h1-2,4,6-10,12H,3,5,11H2. The molecule has 25 heavy (non-hydrogen) atoms. The zero-order valence-corrected chi connectivity index (χ0v) is 13.4. The van der Waals surface area contributed by atoms with Gasteiger partial charge in [0.2, 0.25) is 0 Å². The highest BCUT2D eigenvalue weighted by atomic mass is 16.5. The fourth-order valence-electron chi connectivity index (χ4n) is 2.48. The van der Waals surface area contributed by atoms with Gasteiger partial charge < -0.3 is 9.15 Å². The lowest BCUT2D eigenvalue weighted by Crippen LogP contribution is -2.08. The smallest absolute Gasteiger partial charge is 0.343 e. The minimum atomic E-state index is -0.440. The second kappa shape index (κ2) is 7.45. The largest absolute Gasteiger partial charge is 0.462 e. The minimum Gasteiger partial charge on any atom is -0.462 e. The Kier molecular flexibility index (Phi) is 4.91. The van der Waals surface area contributed by atoms with Crippen molar-refractivity contribution in [3.63, 3.8) is 0 Å². The van der Waals surface area contributed by atoms with Gasteiger partial charge in [-0.25, -0.2) is 9.59 Å². The molecule has 0 aliphatic rings. The summed E-state index contributed by atoms with van der Waals surface area (Å²) in [6, 6.07) is 17.3. The summed E-state index contributed by atoms with van der Waals surface area (Å²) >= 11 is 0. The van der Waals surface area contributed by atoms with Gasteiger partial charge in [0, 0.05) is 6.42 Å². The summed E-state index contributed by atoms with van der Waals surface area (Å²) in [5.74, 6) is 0.127. The van der Waals surface area contributed by atoms with E-state index in [0.717, 1.165) is 5.39 Å². The lowest BCUT2D eigenvalue weighted by Gasteiger charge is -2.05. The Morgan fingerprint density at radius 1 is 1.12 bits per heavy atom. The van der Waals surface area contributed by atoms with Crippen molar-refractivity contribution in [2.24, 2.45) is 0 Å². The van der Waals surface area contributed by atoms with E-state index < -0.39 is 5.97 Å². The third-order valence-electron chi connectivity index (χ3n) is 3.77. The van der Waals surface area contributed by atoms with Crippen molar-refractivity contribution in [3.8, 4) is 6.07 Å². The molecule has 0 N–H and O–H groups in total. The molecule has 5 nitrogen and oxygen atoms in total. The molecule has 0 amide bonds. The molecule has 0 saturated carbocycles. The van der Waals surface area contributed by atoms with Crippen LogP contribution in [0.4, 0.5) is 0 Å². The molecular weight excluding hydrogens is 318 g/mol. The highest BCUT2D eigenvalue weighted by Crippen LogP contribution is 2.13. The Morgan fingerprint density at radius 3 is 2.64 bits per heavy atom. The number of fused-ring (bicyclic) bond motifs is 1. The number of nitriles is 1. The SMILES string of the molecule is N#Cc1ccc(C(=O)OCCCc2cc3ccccc3c(=O)o2)cc1. The summed E-state index contributed by atoms with van der Waals surface area (Å²) in [5.41, 5.74) is 0.529. The van der Waals surface area contributed by atoms with Crippen LogP contribution < -0.4 is 5.63 Å². The first-order chi connectivity index (χ1) is 12.2. The van der Waals surface area contributed by atoms with E-state index in [-0.39, 0.29) is 12.2 Å². The van der Waals surface area contributed by atoms with E-state index in [1.165, 1.54) is 0 Å². The van der Waals surface area contributed by atoms with Crippen LogP contribution >= 0.6 is 0 Å². The van der Waals surface area contributed by atoms with E-state index in [4.69, 9.17) is 14.4 Å². The first-order valence-electron chi connectivity index (χ1n) is 7.86. The van der Waals surface area contributed by atoms with Crippen LogP contribution in [0.5, 0.6) is 0 Å². The molecule has 0 spiro atoms. The van der Waals surface area contributed by atoms with Crippen LogP contribution in [0.25, 0.3) is 10.8 Å². The number of rotatable bonds is 5. The predicted molar refractivity (Wildman–Crippen MR) is 92.2 cm³/mol. The van der Waals surface area contributed by atoms with Crippen molar-refractivity contribution < 1.29 is 13.9 Å². The third-order valence-corrected chi connectivity index (χ3v) is 3.77. The number of esters is 1. The summed E-state index contributed by atoms with van der Waals surface area (Å²) in [4.78, 5) is 23.8. The lowest BCUT2D eigenvalue weighted by molar-refractivity contribution is 0.0499. The number of ether oxygens (including phenoxy) is 1. The first-order valence-corrected chi connectivity index (χ1v) is 7.86. The molecule has 1 heterocycles. The number of aryl methyl sites for hydroxylation is 1. The summed E-state index contributed by atoms with van der Waals surface area (Å²) in [6.07, 6.45) is 1.05. The molecule has 1 aromatic heterocycles. The molecule has 0 unspecified atom stereocenters. The Morgan fingerprint density at radius 2 is 1.88 bits per heavy atom. The highest BCUT2D eigenvalue weighted by Gasteiger charge is 2.08. The van der Waals surface area contributed by atoms with Crippen LogP contribution in [0.1, 0.15) is 28.1 Å². The molecule has 0 saturated heterocycles. The average Bonchev–Trinajstić information content (AvgIpc) is 2.65. The van der Waals surface area contributed by atoms with Gasteiger partial charge in [-0.3, -0.25) is 0 Å². The molecule has 3 rings (SSSR count). The minimum absolute atomic E-state index is 0.218. The van der Waals surface area contributed by atoms with Crippen LogP contribution in [0.2, 0.25) is 0 Å². The zero-order valence-electron chi connectivity index (χ0n) is 13.4. The molecule has 0 bridgehead atoms. The summed E-state index contributed by atoms with van der Waals surface area (Å²) in [6.45, 7) is 0.218. The van der Waals surface area contributed by atoms with Crippen molar-refractivity contribution >= 4 is 16.7 Å². The second-order valence-electron chi connectivity index (χ2n) is 5.52. The number of hydrogen-bond donors (Lipinski definition) is 0. The van der Waals surface area contributed by atoms with Crippen LogP contribution in [0, 0.1) is 11.3 Å². The van der Waals surface area contributed by atoms with Crippen molar-refractivity contribution in [1.82, 2.24) is 0 Å². The monoisotopic (exact) mass is 333 g/mol. The molecule has 124 valence electrons. The van der Waals surface area contributed by atoms with Gasteiger partial charge in [-0.15, -0.1) is 0 Å². The maximum atomic E-state index is 11.9. The van der Waals surface area contributed by atoms with Gasteiger partial charge in [0.15, 0.2) is 0 Å². The zero-order chi connectivity index (χ0) is 17.6. The fraction of sp³-hybridized carbons (Fsp3) is 0.150. The van der Waals surface area contributed by atoms with E-state index in [0.29, 0.717) is 35.1 Å². The van der Waals surface area contributed by atoms with Gasteiger partial charge in [0.05, 0.1) is 29.2 Å². The Hall–Kier alpha value is -3.39. The number of carbonyl (C=O) groups is 1. The van der Waals surface area contributed by atoms with E-state index in [1.807, 2.05) is 24.3 Å². The molecule has 0 aliphatic heterocycles. The highest BCUT2D eigenvalue weighted by molar-refractivity contribution is 5.89. The van der Waals surface area contributed by atoms with Crippen molar-refractivity contribution in [1.29, 1.82) is 5.26 Å². The van der Waals surface area contributed by atoms with E-state index in [1.54, 1.807) is 36.4 Å². The van der Waals surface area contributed by atoms with Crippen molar-refractivity contribution in [3.05, 3.63) is 81.9 Å². The molecule has 5 heteroatoms. The average molecular weight is 333 g/mol. The number of carbonyl (C=O) groups excluding carboxylic acids is 1. The number of nitrogens with zero attached hydrogens (tertiary/aromatic N) is 1. The van der Waals surface area contributed by atoms with Crippen molar-refractivity contribution in [2.45, 2.75) is 12.8 Å². The molecule has 0 atom stereocenters. The molecule has 2 aromatic carbocycles. The lowest BCUT2D eigenvalue weighted by atomic mass is 10.1. The number of benzene rings is 2. The van der Waals surface area contributed by atoms with Gasteiger partial charge >= 0.3 is 11.6 Å². The summed E-state index contributed by atoms with van der Waals surface area (Å²) in [7, 11) is 0. The van der Waals surface area contributed by atoms with E-state index in [9.17, 15) is 9.59 Å².